The lowest BCUT2D eigenvalue weighted by atomic mass is 9.85. The number of fused-ring (bicyclic) bond motifs is 3. The second kappa shape index (κ2) is 10.8. The third kappa shape index (κ3) is 4.97. The van der Waals surface area contributed by atoms with Crippen molar-refractivity contribution in [2.24, 2.45) is 5.41 Å². The Kier molecular flexibility index (Phi) is 7.12. The molecule has 1 heterocycles. The van der Waals surface area contributed by atoms with Gasteiger partial charge in [-0.15, -0.1) is 7.53 Å². The zero-order chi connectivity index (χ0) is 25.1. The Labute approximate surface area is 222 Å². The molecule has 0 fully saturated rings. The Morgan fingerprint density at radius 2 is 1.24 bits per heavy atom. The molecule has 6 rings (SSSR count). The molecule has 1 aliphatic carbocycles. The topological polar surface area (TPSA) is 20.2 Å². The summed E-state index contributed by atoms with van der Waals surface area (Å²) in [7, 11) is -1.17. The van der Waals surface area contributed by atoms with E-state index in [0.717, 1.165) is 25.2 Å². The maximum Gasteiger partial charge on any atom is 0.0500 e. The fourth-order valence-corrected chi connectivity index (χ4v) is 11.8. The average molecular weight is 519 g/mol. The lowest BCUT2D eigenvalue weighted by Gasteiger charge is -2.37. The van der Waals surface area contributed by atoms with Gasteiger partial charge in [0.15, 0.2) is 0 Å². The molecule has 0 aliphatic heterocycles. The highest BCUT2D eigenvalue weighted by Crippen LogP contribution is 2.56. The summed E-state index contributed by atoms with van der Waals surface area (Å²) in [5, 5.41) is 19.8. The van der Waals surface area contributed by atoms with Crippen LogP contribution in [0.1, 0.15) is 12.8 Å². The van der Waals surface area contributed by atoms with E-state index in [9.17, 15) is 5.11 Å². The summed E-state index contributed by atoms with van der Waals surface area (Å²) in [5.41, 5.74) is 1.24. The molecule has 0 amide bonds. The molecular weight excluding hydrogens is 486 g/mol. The highest BCUT2D eigenvalue weighted by Gasteiger charge is 2.36. The molecule has 1 aliphatic rings. The summed E-state index contributed by atoms with van der Waals surface area (Å²) in [6.45, 7) is 0.200. The molecule has 4 aromatic carbocycles. The van der Waals surface area contributed by atoms with Crippen LogP contribution < -0.4 is 10.6 Å². The smallest absolute Gasteiger partial charge is 0.0500 e. The molecule has 1 unspecified atom stereocenters. The van der Waals surface area contributed by atoms with Crippen molar-refractivity contribution >= 4 is 47.1 Å². The van der Waals surface area contributed by atoms with E-state index in [1.54, 1.807) is 0 Å². The van der Waals surface area contributed by atoms with E-state index >= 15 is 0 Å². The predicted octanol–water partition coefficient (Wildman–Crippen LogP) is 8.37. The van der Waals surface area contributed by atoms with Gasteiger partial charge in [0.25, 0.3) is 0 Å². The Balaban J connectivity index is 1.49. The number of hydrogen-bond acceptors (Lipinski definition) is 1. The summed E-state index contributed by atoms with van der Waals surface area (Å²) in [6, 6.07) is 39.9. The molecule has 184 valence electrons. The maximum absolute atomic E-state index is 11.3. The van der Waals surface area contributed by atoms with Gasteiger partial charge >= 0.3 is 0 Å². The minimum atomic E-state index is -0.617. The molecule has 3 heteroatoms. The zero-order valence-electron chi connectivity index (χ0n) is 21.0. The highest BCUT2D eigenvalue weighted by molar-refractivity contribution is 7.73. The average Bonchev–Trinajstić information content (AvgIpc) is 3.59. The van der Waals surface area contributed by atoms with Gasteiger partial charge in [-0.2, -0.15) is 0 Å². The van der Waals surface area contributed by atoms with Crippen LogP contribution >= 0.6 is 15.5 Å². The van der Waals surface area contributed by atoms with Gasteiger partial charge in [0, 0.05) is 22.3 Å². The molecule has 1 aromatic heterocycles. The van der Waals surface area contributed by atoms with Gasteiger partial charge in [-0.05, 0) is 54.5 Å². The van der Waals surface area contributed by atoms with E-state index in [2.05, 4.69) is 127 Å². The van der Waals surface area contributed by atoms with E-state index in [-0.39, 0.29) is 12.0 Å². The number of rotatable bonds is 9. The van der Waals surface area contributed by atoms with Gasteiger partial charge in [-0.3, -0.25) is 0 Å². The maximum atomic E-state index is 11.3. The number of hydrogen-bond donors (Lipinski definition) is 1. The molecule has 1 N–H and O–H groups in total. The van der Waals surface area contributed by atoms with Crippen molar-refractivity contribution in [1.82, 2.24) is 0 Å². The quantitative estimate of drug-likeness (QED) is 0.194. The van der Waals surface area contributed by atoms with Crippen LogP contribution in [0.5, 0.6) is 0 Å². The molecular formula is C34H32OP2. The van der Waals surface area contributed by atoms with Crippen molar-refractivity contribution in [1.29, 1.82) is 0 Å². The predicted molar refractivity (Wildman–Crippen MR) is 164 cm³/mol. The van der Waals surface area contributed by atoms with Gasteiger partial charge in [0.1, 0.15) is 0 Å². The zero-order valence-corrected chi connectivity index (χ0v) is 22.8. The van der Waals surface area contributed by atoms with Crippen molar-refractivity contribution in [2.75, 3.05) is 12.8 Å². The van der Waals surface area contributed by atoms with Gasteiger partial charge in [0.05, 0.1) is 0 Å². The van der Waals surface area contributed by atoms with E-state index in [0.29, 0.717) is 0 Å². The highest BCUT2D eigenvalue weighted by atomic mass is 31.1. The Morgan fingerprint density at radius 3 is 1.76 bits per heavy atom. The molecule has 1 atom stereocenters. The summed E-state index contributed by atoms with van der Waals surface area (Å²) < 4.78 is 0. The van der Waals surface area contributed by atoms with Crippen LogP contribution in [0.3, 0.4) is 0 Å². The lowest BCUT2D eigenvalue weighted by Crippen LogP contribution is -2.34. The standard InChI is InChI=1S/C34H32OP2/c35-24-34(23-27-13-7-8-14-27,25-36(28-15-3-1-4-16-28)29-17-5-2-6-18-29)26-37-32-21-11-9-19-30(32)31-20-10-12-22-33(31)37/h1-13,15-22,35H,14,23-26H2. The van der Waals surface area contributed by atoms with Gasteiger partial charge in [0.2, 0.25) is 0 Å². The minimum absolute atomic E-state index is 0.200. The Hall–Kier alpha value is -2.95. The van der Waals surface area contributed by atoms with Crippen molar-refractivity contribution in [3.05, 3.63) is 133 Å². The first-order valence-corrected chi connectivity index (χ1v) is 16.1. The number of benzene rings is 4. The molecule has 1 nitrogen and oxygen atoms in total. The van der Waals surface area contributed by atoms with E-state index in [4.69, 9.17) is 0 Å². The molecule has 0 bridgehead atoms. The molecule has 0 spiro atoms. The summed E-state index contributed by atoms with van der Waals surface area (Å²) in [6.07, 6.45) is 10.6. The Bertz CT molecular complexity index is 1470. The summed E-state index contributed by atoms with van der Waals surface area (Å²) in [4.78, 5) is 0. The van der Waals surface area contributed by atoms with E-state index < -0.39 is 15.5 Å². The van der Waals surface area contributed by atoms with Gasteiger partial charge in [-0.25, -0.2) is 0 Å². The molecule has 0 saturated carbocycles. The second-order valence-corrected chi connectivity index (χ2v) is 14.5. The van der Waals surface area contributed by atoms with Crippen LogP contribution in [-0.4, -0.2) is 17.9 Å². The third-order valence-corrected chi connectivity index (χ3v) is 13.3. The van der Waals surface area contributed by atoms with Crippen LogP contribution in [0.4, 0.5) is 0 Å². The minimum Gasteiger partial charge on any atom is -0.396 e. The molecule has 0 saturated heterocycles. The molecule has 0 radical (unpaired) electrons. The number of aliphatic hydroxyl groups excluding tert-OH is 1. The van der Waals surface area contributed by atoms with E-state index in [1.165, 1.54) is 37.2 Å². The first-order chi connectivity index (χ1) is 18.3. The SMILES string of the molecule is OCC(CC1=CC=CC1)(CP(c1ccccc1)c1ccccc1)Cp1c2ccccc2c2ccccc21. The third-order valence-electron chi connectivity index (χ3n) is 7.59. The largest absolute Gasteiger partial charge is 0.396 e. The van der Waals surface area contributed by atoms with Gasteiger partial charge < -0.3 is 5.11 Å². The van der Waals surface area contributed by atoms with Crippen LogP contribution in [0.2, 0.25) is 0 Å². The van der Waals surface area contributed by atoms with Crippen molar-refractivity contribution in [3.63, 3.8) is 0 Å². The van der Waals surface area contributed by atoms with Crippen LogP contribution in [0, 0.1) is 5.41 Å². The lowest BCUT2D eigenvalue weighted by molar-refractivity contribution is 0.155. The van der Waals surface area contributed by atoms with Gasteiger partial charge in [-0.1, -0.05) is 133 Å². The van der Waals surface area contributed by atoms with Crippen molar-refractivity contribution in [3.8, 4) is 0 Å². The second-order valence-electron chi connectivity index (χ2n) is 10.2. The molecule has 5 aromatic rings. The van der Waals surface area contributed by atoms with Crippen LogP contribution in [-0.2, 0) is 6.16 Å². The fourth-order valence-electron chi connectivity index (χ4n) is 5.81. The monoisotopic (exact) mass is 518 g/mol. The van der Waals surface area contributed by atoms with Crippen LogP contribution in [0.25, 0.3) is 21.0 Å². The van der Waals surface area contributed by atoms with Crippen molar-refractivity contribution < 1.29 is 5.11 Å². The summed E-state index contributed by atoms with van der Waals surface area (Å²) in [5.74, 6) is 0. The fraction of sp³-hybridized carbons (Fsp3) is 0.176. The van der Waals surface area contributed by atoms with E-state index in [1.807, 2.05) is 0 Å². The normalized spacial score (nSPS) is 14.9. The summed E-state index contributed by atoms with van der Waals surface area (Å²) >= 11 is 0. The van der Waals surface area contributed by atoms with Crippen LogP contribution in [0.15, 0.2) is 133 Å². The number of aliphatic hydroxyl groups is 1. The molecule has 37 heavy (non-hydrogen) atoms. The van der Waals surface area contributed by atoms with Crippen molar-refractivity contribution in [2.45, 2.75) is 19.0 Å². The first kappa shape index (κ1) is 24.4. The number of allylic oxidation sites excluding steroid dienone is 4. The Morgan fingerprint density at radius 1 is 0.703 bits per heavy atom. The first-order valence-electron chi connectivity index (χ1n) is 13.1.